The quantitative estimate of drug-likeness (QED) is 0.445. The molecular weight excluding hydrogens is 294 g/mol. The minimum Gasteiger partial charge on any atom is -0.872 e. The molecule has 24 heavy (non-hydrogen) atoms. The van der Waals surface area contributed by atoms with E-state index < -0.39 is 0 Å². The van der Waals surface area contributed by atoms with Crippen molar-refractivity contribution in [3.8, 4) is 5.75 Å². The Labute approximate surface area is 151 Å². The normalized spacial score (nSPS) is 11.0. The van der Waals surface area contributed by atoms with Crippen LogP contribution in [0.3, 0.4) is 0 Å². The summed E-state index contributed by atoms with van der Waals surface area (Å²) < 4.78 is 1.42. The molecule has 0 aromatic heterocycles. The lowest BCUT2D eigenvalue weighted by Gasteiger charge is -2.39. The van der Waals surface area contributed by atoms with Crippen LogP contribution in [0.15, 0.2) is 30.3 Å². The number of rotatable bonds is 12. The van der Waals surface area contributed by atoms with Crippen molar-refractivity contribution in [3.05, 3.63) is 30.3 Å². The van der Waals surface area contributed by atoms with Gasteiger partial charge in [0.05, 0.1) is 26.2 Å². The van der Waals surface area contributed by atoms with Crippen molar-refractivity contribution >= 4 is 0 Å². The first-order chi connectivity index (χ1) is 11.6. The Morgan fingerprint density at radius 1 is 0.625 bits per heavy atom. The molecule has 0 atom stereocenters. The number of unbranched alkanes of at least 4 members (excludes halogenated alkanes) is 4. The molecular formula is C22H41NO. The van der Waals surface area contributed by atoms with Crippen molar-refractivity contribution < 1.29 is 9.59 Å². The van der Waals surface area contributed by atoms with E-state index in [1.807, 2.05) is 6.07 Å². The fourth-order valence-electron chi connectivity index (χ4n) is 3.07. The van der Waals surface area contributed by atoms with Crippen molar-refractivity contribution in [3.63, 3.8) is 0 Å². The van der Waals surface area contributed by atoms with Gasteiger partial charge < -0.3 is 9.59 Å². The number of quaternary nitrogens is 1. The van der Waals surface area contributed by atoms with Crippen LogP contribution in [0.1, 0.15) is 79.1 Å². The van der Waals surface area contributed by atoms with Gasteiger partial charge in [-0.3, -0.25) is 0 Å². The summed E-state index contributed by atoms with van der Waals surface area (Å²) in [7, 11) is 0. The molecule has 0 radical (unpaired) electrons. The van der Waals surface area contributed by atoms with Crippen LogP contribution >= 0.6 is 0 Å². The average molecular weight is 336 g/mol. The highest BCUT2D eigenvalue weighted by Gasteiger charge is 2.24. The summed E-state index contributed by atoms with van der Waals surface area (Å²) in [5.74, 6) is 0.0718. The molecule has 0 aliphatic rings. The lowest BCUT2D eigenvalue weighted by molar-refractivity contribution is -0.929. The molecule has 1 rings (SSSR count). The van der Waals surface area contributed by atoms with Gasteiger partial charge in [0.2, 0.25) is 0 Å². The van der Waals surface area contributed by atoms with E-state index in [9.17, 15) is 5.11 Å². The molecule has 0 saturated carbocycles. The monoisotopic (exact) mass is 335 g/mol. The molecule has 0 bridgehead atoms. The molecule has 1 aromatic rings. The van der Waals surface area contributed by atoms with Crippen LogP contribution in [-0.4, -0.2) is 30.7 Å². The highest BCUT2D eigenvalue weighted by atomic mass is 16.3. The van der Waals surface area contributed by atoms with Crippen molar-refractivity contribution in [2.75, 3.05) is 26.2 Å². The largest absolute Gasteiger partial charge is 0.872 e. The van der Waals surface area contributed by atoms with Gasteiger partial charge in [0.1, 0.15) is 0 Å². The molecule has 0 N–H and O–H groups in total. The third-order valence-electron chi connectivity index (χ3n) is 4.69. The van der Waals surface area contributed by atoms with Gasteiger partial charge in [0, 0.05) is 0 Å². The van der Waals surface area contributed by atoms with Crippen LogP contribution in [0, 0.1) is 0 Å². The molecule has 2 heteroatoms. The van der Waals surface area contributed by atoms with E-state index in [1.165, 1.54) is 94.2 Å². The molecule has 1 aromatic carbocycles. The SMILES string of the molecule is CCCC[N+](CCCC)(CCCC)CCCC.[O-]c1ccccc1. The molecule has 0 saturated heterocycles. The van der Waals surface area contributed by atoms with Gasteiger partial charge in [-0.1, -0.05) is 83.7 Å². The van der Waals surface area contributed by atoms with E-state index in [0.717, 1.165) is 0 Å². The Morgan fingerprint density at radius 3 is 1.17 bits per heavy atom. The predicted octanol–water partition coefficient (Wildman–Crippen LogP) is 5.76. The topological polar surface area (TPSA) is 23.1 Å². The first-order valence-corrected chi connectivity index (χ1v) is 10.2. The number of hydrogen-bond donors (Lipinski definition) is 0. The van der Waals surface area contributed by atoms with E-state index in [-0.39, 0.29) is 5.75 Å². The van der Waals surface area contributed by atoms with Gasteiger partial charge in [-0.05, 0) is 25.7 Å². The summed E-state index contributed by atoms with van der Waals surface area (Å²) in [5, 5.41) is 10.3. The zero-order valence-corrected chi connectivity index (χ0v) is 16.7. The summed E-state index contributed by atoms with van der Waals surface area (Å²) in [6.07, 6.45) is 11.1. The Kier molecular flexibility index (Phi) is 14.8. The average Bonchev–Trinajstić information content (AvgIpc) is 2.62. The summed E-state index contributed by atoms with van der Waals surface area (Å²) in [6, 6.07) is 8.33. The van der Waals surface area contributed by atoms with E-state index in [1.54, 1.807) is 12.1 Å². The highest BCUT2D eigenvalue weighted by Crippen LogP contribution is 2.16. The van der Waals surface area contributed by atoms with E-state index in [4.69, 9.17) is 0 Å². The second-order valence-electron chi connectivity index (χ2n) is 6.96. The number of hydrogen-bond acceptors (Lipinski definition) is 1. The third-order valence-corrected chi connectivity index (χ3v) is 4.69. The van der Waals surface area contributed by atoms with Crippen LogP contribution in [0.2, 0.25) is 0 Å². The van der Waals surface area contributed by atoms with Crippen molar-refractivity contribution in [2.45, 2.75) is 79.1 Å². The minimum atomic E-state index is 0.0718. The van der Waals surface area contributed by atoms with Crippen molar-refractivity contribution in [1.29, 1.82) is 0 Å². The summed E-state index contributed by atoms with van der Waals surface area (Å²) >= 11 is 0. The van der Waals surface area contributed by atoms with E-state index in [0.29, 0.717) is 0 Å². The lowest BCUT2D eigenvalue weighted by Crippen LogP contribution is -2.50. The Hall–Kier alpha value is -1.02. The predicted molar refractivity (Wildman–Crippen MR) is 105 cm³/mol. The molecule has 0 spiro atoms. The van der Waals surface area contributed by atoms with Gasteiger partial charge >= 0.3 is 0 Å². The maximum Gasteiger partial charge on any atom is 0.0786 e. The molecule has 140 valence electrons. The maximum atomic E-state index is 10.3. The van der Waals surface area contributed by atoms with Crippen molar-refractivity contribution in [1.82, 2.24) is 0 Å². The lowest BCUT2D eigenvalue weighted by atomic mass is 10.1. The van der Waals surface area contributed by atoms with Gasteiger partial charge in [-0.25, -0.2) is 0 Å². The maximum absolute atomic E-state index is 10.3. The second-order valence-corrected chi connectivity index (χ2v) is 6.96. The third kappa shape index (κ3) is 11.5. The molecule has 0 unspecified atom stereocenters. The first kappa shape index (κ1) is 23.0. The van der Waals surface area contributed by atoms with Crippen LogP contribution in [0.25, 0.3) is 0 Å². The molecule has 0 aliphatic heterocycles. The van der Waals surface area contributed by atoms with Gasteiger partial charge in [-0.15, -0.1) is 5.75 Å². The molecule has 0 fully saturated rings. The second kappa shape index (κ2) is 15.5. The summed E-state index contributed by atoms with van der Waals surface area (Å²) in [5.41, 5.74) is 0. The zero-order chi connectivity index (χ0) is 18.1. The summed E-state index contributed by atoms with van der Waals surface area (Å²) in [6.45, 7) is 15.0. The van der Waals surface area contributed by atoms with Crippen LogP contribution in [-0.2, 0) is 0 Å². The number of nitrogens with zero attached hydrogens (tertiary/aromatic N) is 1. The van der Waals surface area contributed by atoms with Crippen LogP contribution < -0.4 is 5.11 Å². The first-order valence-electron chi connectivity index (χ1n) is 10.2. The van der Waals surface area contributed by atoms with E-state index in [2.05, 4.69) is 27.7 Å². The fourth-order valence-corrected chi connectivity index (χ4v) is 3.07. The zero-order valence-electron chi connectivity index (χ0n) is 16.7. The Balaban J connectivity index is 0.000000620. The number of para-hydroxylation sites is 1. The molecule has 0 heterocycles. The van der Waals surface area contributed by atoms with Gasteiger partial charge in [-0.2, -0.15) is 0 Å². The highest BCUT2D eigenvalue weighted by molar-refractivity contribution is 5.17. The van der Waals surface area contributed by atoms with E-state index >= 15 is 0 Å². The number of benzene rings is 1. The van der Waals surface area contributed by atoms with Crippen molar-refractivity contribution in [2.24, 2.45) is 0 Å². The Morgan fingerprint density at radius 2 is 0.958 bits per heavy atom. The molecule has 0 aliphatic carbocycles. The summed E-state index contributed by atoms with van der Waals surface area (Å²) in [4.78, 5) is 0. The van der Waals surface area contributed by atoms with Crippen LogP contribution in [0.4, 0.5) is 0 Å². The molecule has 0 amide bonds. The van der Waals surface area contributed by atoms with Crippen LogP contribution in [0.5, 0.6) is 5.75 Å². The van der Waals surface area contributed by atoms with Gasteiger partial charge in [0.25, 0.3) is 0 Å². The standard InChI is InChI=1S/C16H36N.C6H6O/c1-5-9-13-17(14-10-6-2,15-11-7-3)16-12-8-4;7-6-4-2-1-3-5-6/h5-16H2,1-4H3;1-5,7H/q+1;/p-1. The Bertz CT molecular complexity index is 326. The smallest absolute Gasteiger partial charge is 0.0786 e. The molecule has 2 nitrogen and oxygen atoms in total. The van der Waals surface area contributed by atoms with Gasteiger partial charge in [0.15, 0.2) is 0 Å². The minimum absolute atomic E-state index is 0.0718. The fraction of sp³-hybridized carbons (Fsp3) is 0.727.